The summed E-state index contributed by atoms with van der Waals surface area (Å²) in [6.45, 7) is 0.869. The van der Waals surface area contributed by atoms with Crippen molar-refractivity contribution < 1.29 is 14.3 Å². The number of hydrogen-bond acceptors (Lipinski definition) is 4. The van der Waals surface area contributed by atoms with Crippen LogP contribution in [0.3, 0.4) is 0 Å². The zero-order valence-corrected chi connectivity index (χ0v) is 19.5. The molecule has 3 aromatic carbocycles. The van der Waals surface area contributed by atoms with Gasteiger partial charge in [0.15, 0.2) is 4.87 Å². The minimum atomic E-state index is -1.15. The van der Waals surface area contributed by atoms with Crippen molar-refractivity contribution in [3.8, 4) is 5.75 Å². The maximum Gasteiger partial charge on any atom is 0.323 e. The van der Waals surface area contributed by atoms with E-state index in [0.29, 0.717) is 35.3 Å². The zero-order chi connectivity index (χ0) is 23.0. The summed E-state index contributed by atoms with van der Waals surface area (Å²) in [6.07, 6.45) is 0. The average molecular weight is 480 g/mol. The van der Waals surface area contributed by atoms with E-state index < -0.39 is 4.87 Å². The lowest BCUT2D eigenvalue weighted by Crippen LogP contribution is -2.51. The van der Waals surface area contributed by atoms with Gasteiger partial charge in [0.2, 0.25) is 0 Å². The molecular weight excluding hydrogens is 458 g/mol. The summed E-state index contributed by atoms with van der Waals surface area (Å²) in [4.78, 5) is 29.6. The predicted octanol–water partition coefficient (Wildman–Crippen LogP) is 5.33. The Morgan fingerprint density at radius 1 is 1.12 bits per heavy atom. The molecule has 3 aromatic rings. The topological polar surface area (TPSA) is 61.9 Å². The maximum atomic E-state index is 14.0. The third-order valence-corrected chi connectivity index (χ3v) is 7.58. The van der Waals surface area contributed by atoms with Gasteiger partial charge < -0.3 is 15.0 Å². The van der Waals surface area contributed by atoms with E-state index in [1.54, 1.807) is 47.2 Å². The molecule has 33 heavy (non-hydrogen) atoms. The quantitative estimate of drug-likeness (QED) is 0.549. The second-order valence-corrected chi connectivity index (χ2v) is 9.57. The number of anilines is 2. The van der Waals surface area contributed by atoms with E-state index in [4.69, 9.17) is 16.3 Å². The van der Waals surface area contributed by atoms with Crippen LogP contribution in [0.4, 0.5) is 16.2 Å². The lowest BCUT2D eigenvalue weighted by atomic mass is 10.1. The van der Waals surface area contributed by atoms with Crippen molar-refractivity contribution in [3.63, 3.8) is 0 Å². The second kappa shape index (κ2) is 8.65. The monoisotopic (exact) mass is 479 g/mol. The molecule has 2 aliphatic heterocycles. The largest absolute Gasteiger partial charge is 0.497 e. The normalized spacial score (nSPS) is 19.2. The number of carbonyl (C=O) groups is 2. The van der Waals surface area contributed by atoms with E-state index in [1.165, 1.54) is 11.8 Å². The summed E-state index contributed by atoms with van der Waals surface area (Å²) in [5.41, 5.74) is 3.18. The molecule has 1 N–H and O–H groups in total. The Labute approximate surface area is 201 Å². The zero-order valence-electron chi connectivity index (χ0n) is 18.0. The average Bonchev–Trinajstić information content (AvgIpc) is 3.37. The molecule has 6 nitrogen and oxygen atoms in total. The number of nitrogens with one attached hydrogen (secondary N) is 1. The number of methoxy groups -OCH3 is 1. The Kier molecular flexibility index (Phi) is 5.68. The SMILES string of the molecule is COc1ccc(NC(=O)N2CCS[C@]23C(=O)N(Cc2ccccc2)c2ccc(Cl)cc23)cc1. The van der Waals surface area contributed by atoms with Crippen LogP contribution in [-0.4, -0.2) is 36.2 Å². The van der Waals surface area contributed by atoms with Crippen LogP contribution in [0, 0.1) is 0 Å². The van der Waals surface area contributed by atoms with E-state index in [-0.39, 0.29) is 11.9 Å². The highest BCUT2D eigenvalue weighted by atomic mass is 35.5. The second-order valence-electron chi connectivity index (χ2n) is 7.84. The van der Waals surface area contributed by atoms with Crippen LogP contribution in [-0.2, 0) is 16.2 Å². The summed E-state index contributed by atoms with van der Waals surface area (Å²) in [7, 11) is 1.59. The fourth-order valence-corrected chi connectivity index (χ4v) is 6.00. The van der Waals surface area contributed by atoms with Gasteiger partial charge in [-0.2, -0.15) is 0 Å². The van der Waals surface area contributed by atoms with Crippen LogP contribution in [0.5, 0.6) is 5.75 Å². The molecule has 0 aliphatic carbocycles. The molecule has 8 heteroatoms. The summed E-state index contributed by atoms with van der Waals surface area (Å²) < 4.78 is 5.19. The number of halogens is 1. The molecule has 1 atom stereocenters. The molecule has 0 radical (unpaired) electrons. The molecule has 0 unspecified atom stereocenters. The van der Waals surface area contributed by atoms with Crippen molar-refractivity contribution in [2.75, 3.05) is 29.6 Å². The highest BCUT2D eigenvalue weighted by Gasteiger charge is 2.59. The summed E-state index contributed by atoms with van der Waals surface area (Å²) in [5.74, 6) is 1.22. The number of urea groups is 1. The minimum Gasteiger partial charge on any atom is -0.497 e. The Bertz CT molecular complexity index is 1210. The van der Waals surface area contributed by atoms with Crippen molar-refractivity contribution >= 4 is 46.7 Å². The van der Waals surface area contributed by atoms with Gasteiger partial charge in [-0.05, 0) is 48.0 Å². The highest BCUT2D eigenvalue weighted by Crippen LogP contribution is 2.55. The van der Waals surface area contributed by atoms with Crippen molar-refractivity contribution in [1.29, 1.82) is 0 Å². The fraction of sp³-hybridized carbons (Fsp3) is 0.200. The van der Waals surface area contributed by atoms with E-state index in [9.17, 15) is 9.59 Å². The first-order chi connectivity index (χ1) is 16.0. The van der Waals surface area contributed by atoms with Gasteiger partial charge >= 0.3 is 6.03 Å². The van der Waals surface area contributed by atoms with Crippen LogP contribution in [0.1, 0.15) is 11.1 Å². The molecule has 2 heterocycles. The Morgan fingerprint density at radius 3 is 2.61 bits per heavy atom. The van der Waals surface area contributed by atoms with Gasteiger partial charge in [-0.15, -0.1) is 11.8 Å². The number of amides is 3. The van der Waals surface area contributed by atoms with Gasteiger partial charge in [-0.1, -0.05) is 41.9 Å². The number of hydrogen-bond donors (Lipinski definition) is 1. The molecule has 0 saturated carbocycles. The molecule has 3 amide bonds. The van der Waals surface area contributed by atoms with Crippen molar-refractivity contribution in [2.24, 2.45) is 0 Å². The third-order valence-electron chi connectivity index (χ3n) is 5.93. The fourth-order valence-electron chi connectivity index (χ4n) is 4.38. The number of benzene rings is 3. The van der Waals surface area contributed by atoms with E-state index in [2.05, 4.69) is 5.32 Å². The van der Waals surface area contributed by atoms with Gasteiger partial charge in [-0.3, -0.25) is 9.69 Å². The standard InChI is InChI=1S/C25H22ClN3O3S/c1-32-20-10-8-19(9-11-20)27-24(31)29-13-14-33-25(29)21-15-18(26)7-12-22(21)28(23(25)30)16-17-5-3-2-4-6-17/h2-12,15H,13-14,16H2,1H3,(H,27,31)/t25-/m1/s1. The lowest BCUT2D eigenvalue weighted by Gasteiger charge is -2.33. The van der Waals surface area contributed by atoms with Crippen molar-refractivity contribution in [2.45, 2.75) is 11.4 Å². The van der Waals surface area contributed by atoms with Crippen LogP contribution in [0.15, 0.2) is 72.8 Å². The Hall–Kier alpha value is -3.16. The van der Waals surface area contributed by atoms with Gasteiger partial charge in [0, 0.05) is 28.6 Å². The van der Waals surface area contributed by atoms with Crippen LogP contribution < -0.4 is 15.0 Å². The molecule has 0 bridgehead atoms. The van der Waals surface area contributed by atoms with Crippen LogP contribution in [0.2, 0.25) is 5.02 Å². The van der Waals surface area contributed by atoms with Gasteiger partial charge in [-0.25, -0.2) is 4.79 Å². The summed E-state index contributed by atoms with van der Waals surface area (Å²) >= 11 is 7.83. The number of carbonyl (C=O) groups excluding carboxylic acids is 2. The number of nitrogens with zero attached hydrogens (tertiary/aromatic N) is 2. The summed E-state index contributed by atoms with van der Waals surface area (Å²) in [5, 5.41) is 3.46. The van der Waals surface area contributed by atoms with Crippen molar-refractivity contribution in [1.82, 2.24) is 4.90 Å². The number of rotatable bonds is 4. The molecular formula is C25H22ClN3O3S. The van der Waals surface area contributed by atoms with Crippen LogP contribution >= 0.6 is 23.4 Å². The van der Waals surface area contributed by atoms with Gasteiger partial charge in [0.05, 0.1) is 19.3 Å². The predicted molar refractivity (Wildman–Crippen MR) is 132 cm³/mol. The molecule has 5 rings (SSSR count). The number of ether oxygens (including phenoxy) is 1. The molecule has 0 aromatic heterocycles. The Balaban J connectivity index is 1.50. The van der Waals surface area contributed by atoms with E-state index in [1.807, 2.05) is 42.5 Å². The molecule has 168 valence electrons. The molecule has 1 spiro atoms. The molecule has 1 saturated heterocycles. The van der Waals surface area contributed by atoms with E-state index >= 15 is 0 Å². The van der Waals surface area contributed by atoms with Gasteiger partial charge in [0.1, 0.15) is 5.75 Å². The lowest BCUT2D eigenvalue weighted by molar-refractivity contribution is -0.123. The summed E-state index contributed by atoms with van der Waals surface area (Å²) in [6, 6.07) is 22.1. The third kappa shape index (κ3) is 3.71. The van der Waals surface area contributed by atoms with Gasteiger partial charge in [0.25, 0.3) is 5.91 Å². The Morgan fingerprint density at radius 2 is 1.88 bits per heavy atom. The van der Waals surface area contributed by atoms with Crippen molar-refractivity contribution in [3.05, 3.63) is 88.9 Å². The van der Waals surface area contributed by atoms with E-state index in [0.717, 1.165) is 16.8 Å². The number of fused-ring (bicyclic) bond motifs is 2. The first-order valence-electron chi connectivity index (χ1n) is 10.6. The minimum absolute atomic E-state index is 0.129. The first-order valence-corrected chi connectivity index (χ1v) is 11.9. The van der Waals surface area contributed by atoms with Crippen LogP contribution in [0.25, 0.3) is 0 Å². The molecule has 1 fully saturated rings. The maximum absolute atomic E-state index is 14.0. The molecule has 2 aliphatic rings. The number of thioether (sulfide) groups is 1. The highest BCUT2D eigenvalue weighted by molar-refractivity contribution is 8.01. The first kappa shape index (κ1) is 21.7. The smallest absolute Gasteiger partial charge is 0.323 e.